The van der Waals surface area contributed by atoms with Crippen molar-refractivity contribution >= 4 is 17.8 Å². The average molecular weight is 344 g/mol. The molecule has 0 aromatic heterocycles. The van der Waals surface area contributed by atoms with Crippen LogP contribution in [0.1, 0.15) is 43.7 Å². The molecule has 4 N–H and O–H groups in total. The summed E-state index contributed by atoms with van der Waals surface area (Å²) < 4.78 is 0. The third-order valence-corrected chi connectivity index (χ3v) is 5.00. The summed E-state index contributed by atoms with van der Waals surface area (Å²) in [5.41, 5.74) is 6.16. The van der Waals surface area contributed by atoms with Gasteiger partial charge in [0.1, 0.15) is 12.1 Å². The van der Waals surface area contributed by atoms with E-state index in [1.807, 2.05) is 30.3 Å². The van der Waals surface area contributed by atoms with Gasteiger partial charge in [-0.3, -0.25) is 14.5 Å². The largest absolute Gasteiger partial charge is 0.353 e. The third kappa shape index (κ3) is 3.66. The Bertz CT molecular complexity index is 656. The van der Waals surface area contributed by atoms with Gasteiger partial charge in [0.05, 0.1) is 0 Å². The van der Waals surface area contributed by atoms with Crippen molar-refractivity contribution in [3.05, 3.63) is 35.9 Å². The van der Waals surface area contributed by atoms with Gasteiger partial charge >= 0.3 is 6.03 Å². The lowest BCUT2D eigenvalue weighted by Gasteiger charge is -2.30. The van der Waals surface area contributed by atoms with Crippen LogP contribution in [-0.4, -0.2) is 41.4 Å². The van der Waals surface area contributed by atoms with Gasteiger partial charge in [0.25, 0.3) is 5.91 Å². The maximum absolute atomic E-state index is 12.6. The molecular weight excluding hydrogens is 320 g/mol. The normalized spacial score (nSPS) is 20.4. The summed E-state index contributed by atoms with van der Waals surface area (Å²) >= 11 is 0. The molecule has 3 rings (SSSR count). The molecular formula is C18H24N4O3. The zero-order chi connectivity index (χ0) is 17.9. The van der Waals surface area contributed by atoms with E-state index in [4.69, 9.17) is 5.73 Å². The van der Waals surface area contributed by atoms with Crippen molar-refractivity contribution in [3.63, 3.8) is 0 Å². The summed E-state index contributed by atoms with van der Waals surface area (Å²) in [6.07, 6.45) is 4.20. The van der Waals surface area contributed by atoms with Crippen LogP contribution < -0.4 is 16.4 Å². The van der Waals surface area contributed by atoms with Crippen LogP contribution in [-0.2, 0) is 9.59 Å². The van der Waals surface area contributed by atoms with Gasteiger partial charge in [0, 0.05) is 12.6 Å². The minimum atomic E-state index is -0.796. The Balaban J connectivity index is 1.54. The molecule has 1 aromatic carbocycles. The van der Waals surface area contributed by atoms with Crippen LogP contribution >= 0.6 is 0 Å². The number of carbonyl (C=O) groups is 3. The first-order valence-corrected chi connectivity index (χ1v) is 8.73. The molecule has 1 heterocycles. The summed E-state index contributed by atoms with van der Waals surface area (Å²) in [5, 5.41) is 5.50. The first kappa shape index (κ1) is 17.4. The summed E-state index contributed by atoms with van der Waals surface area (Å²) in [7, 11) is 0. The highest BCUT2D eigenvalue weighted by Crippen LogP contribution is 2.33. The fraction of sp³-hybridized carbons (Fsp3) is 0.500. The first-order valence-electron chi connectivity index (χ1n) is 8.73. The molecule has 1 aliphatic carbocycles. The van der Waals surface area contributed by atoms with Crippen molar-refractivity contribution in [2.24, 2.45) is 5.73 Å². The quantitative estimate of drug-likeness (QED) is 0.695. The van der Waals surface area contributed by atoms with Crippen LogP contribution in [0.2, 0.25) is 0 Å². The highest BCUT2D eigenvalue weighted by molar-refractivity contribution is 6.09. The second-order valence-electron chi connectivity index (χ2n) is 6.79. The van der Waals surface area contributed by atoms with Crippen molar-refractivity contribution in [2.75, 3.05) is 13.1 Å². The molecule has 1 unspecified atom stereocenters. The van der Waals surface area contributed by atoms with Gasteiger partial charge in [-0.1, -0.05) is 49.6 Å². The Labute approximate surface area is 146 Å². The van der Waals surface area contributed by atoms with Crippen molar-refractivity contribution in [1.82, 2.24) is 15.5 Å². The topological polar surface area (TPSA) is 105 Å². The number of rotatable bonds is 5. The number of urea groups is 1. The highest BCUT2D eigenvalue weighted by Gasteiger charge is 2.51. The number of nitrogens with zero attached hydrogens (tertiary/aromatic N) is 1. The van der Waals surface area contributed by atoms with Gasteiger partial charge in [-0.2, -0.15) is 0 Å². The molecule has 2 fully saturated rings. The molecule has 1 saturated heterocycles. The summed E-state index contributed by atoms with van der Waals surface area (Å²) in [4.78, 5) is 37.9. The Hall–Kier alpha value is -2.41. The fourth-order valence-corrected chi connectivity index (χ4v) is 3.56. The van der Waals surface area contributed by atoms with Gasteiger partial charge < -0.3 is 16.4 Å². The van der Waals surface area contributed by atoms with E-state index in [0.29, 0.717) is 12.8 Å². The Kier molecular flexibility index (Phi) is 5.03. The lowest BCUT2D eigenvalue weighted by Crippen LogP contribution is -2.49. The van der Waals surface area contributed by atoms with Crippen LogP contribution in [0.5, 0.6) is 0 Å². The van der Waals surface area contributed by atoms with E-state index in [-0.39, 0.29) is 30.9 Å². The van der Waals surface area contributed by atoms with Crippen LogP contribution in [0.15, 0.2) is 30.3 Å². The molecule has 1 spiro atoms. The first-order chi connectivity index (χ1) is 12.0. The Morgan fingerprint density at radius 2 is 1.88 bits per heavy atom. The standard InChI is InChI=1S/C18H24N4O3/c19-14(13-7-3-1-4-8-13)11-20-15(23)12-22-16(24)18(21-17(22)25)9-5-2-6-10-18/h1,3-4,7-8,14H,2,5-6,9-12,19H2,(H,20,23)(H,21,25). The van der Waals surface area contributed by atoms with Crippen LogP contribution in [0.25, 0.3) is 0 Å². The third-order valence-electron chi connectivity index (χ3n) is 5.00. The molecule has 1 aliphatic heterocycles. The van der Waals surface area contributed by atoms with Gasteiger partial charge in [-0.25, -0.2) is 4.79 Å². The zero-order valence-corrected chi connectivity index (χ0v) is 14.2. The van der Waals surface area contributed by atoms with E-state index in [0.717, 1.165) is 29.7 Å². The Morgan fingerprint density at radius 1 is 1.20 bits per heavy atom. The maximum Gasteiger partial charge on any atom is 0.325 e. The predicted octanol–water partition coefficient (Wildman–Crippen LogP) is 1.06. The van der Waals surface area contributed by atoms with Crippen molar-refractivity contribution in [2.45, 2.75) is 43.7 Å². The highest BCUT2D eigenvalue weighted by atomic mass is 16.2. The lowest BCUT2D eigenvalue weighted by molar-refractivity contribution is -0.135. The molecule has 134 valence electrons. The van der Waals surface area contributed by atoms with E-state index in [1.54, 1.807) is 0 Å². The van der Waals surface area contributed by atoms with Gasteiger partial charge in [0.2, 0.25) is 5.91 Å². The van der Waals surface area contributed by atoms with Crippen molar-refractivity contribution in [3.8, 4) is 0 Å². The van der Waals surface area contributed by atoms with Crippen molar-refractivity contribution in [1.29, 1.82) is 0 Å². The fourth-order valence-electron chi connectivity index (χ4n) is 3.56. The van der Waals surface area contributed by atoms with E-state index in [1.165, 1.54) is 0 Å². The average Bonchev–Trinajstić information content (AvgIpc) is 2.85. The van der Waals surface area contributed by atoms with Crippen molar-refractivity contribution < 1.29 is 14.4 Å². The number of carbonyl (C=O) groups excluding carboxylic acids is 3. The number of nitrogens with one attached hydrogen (secondary N) is 2. The minimum absolute atomic E-state index is 0.248. The SMILES string of the molecule is NC(CNC(=O)CN1C(=O)NC2(CCCCC2)C1=O)c1ccccc1. The minimum Gasteiger partial charge on any atom is -0.353 e. The molecule has 0 radical (unpaired) electrons. The lowest BCUT2D eigenvalue weighted by atomic mass is 9.82. The van der Waals surface area contributed by atoms with Crippen LogP contribution in [0.4, 0.5) is 4.79 Å². The zero-order valence-electron chi connectivity index (χ0n) is 14.2. The van der Waals surface area contributed by atoms with Gasteiger partial charge in [0.15, 0.2) is 0 Å². The van der Waals surface area contributed by atoms with E-state index < -0.39 is 11.6 Å². The molecule has 7 nitrogen and oxygen atoms in total. The Morgan fingerprint density at radius 3 is 2.56 bits per heavy atom. The molecule has 1 atom stereocenters. The van der Waals surface area contributed by atoms with E-state index in [2.05, 4.69) is 10.6 Å². The second-order valence-corrected chi connectivity index (χ2v) is 6.79. The number of hydrogen-bond donors (Lipinski definition) is 3. The number of nitrogens with two attached hydrogens (primary N) is 1. The molecule has 0 bridgehead atoms. The van der Waals surface area contributed by atoms with Gasteiger partial charge in [-0.05, 0) is 18.4 Å². The number of imide groups is 1. The predicted molar refractivity (Wildman–Crippen MR) is 92.4 cm³/mol. The summed E-state index contributed by atoms with van der Waals surface area (Å²) in [6, 6.07) is 8.63. The number of benzene rings is 1. The molecule has 25 heavy (non-hydrogen) atoms. The van der Waals surface area contributed by atoms with Crippen LogP contribution in [0.3, 0.4) is 0 Å². The summed E-state index contributed by atoms with van der Waals surface area (Å²) in [6.45, 7) is -0.0223. The number of hydrogen-bond acceptors (Lipinski definition) is 4. The summed E-state index contributed by atoms with van der Waals surface area (Å²) in [5.74, 6) is -0.664. The molecule has 7 heteroatoms. The molecule has 1 aromatic rings. The molecule has 1 saturated carbocycles. The maximum atomic E-state index is 12.6. The van der Waals surface area contributed by atoms with E-state index in [9.17, 15) is 14.4 Å². The number of amides is 4. The van der Waals surface area contributed by atoms with Crippen LogP contribution in [0, 0.1) is 0 Å². The smallest absolute Gasteiger partial charge is 0.325 e. The van der Waals surface area contributed by atoms with E-state index >= 15 is 0 Å². The molecule has 4 amide bonds. The second kappa shape index (κ2) is 7.23. The van der Waals surface area contributed by atoms with Gasteiger partial charge in [-0.15, -0.1) is 0 Å². The molecule has 2 aliphatic rings. The monoisotopic (exact) mass is 344 g/mol.